The first-order valence-corrected chi connectivity index (χ1v) is 9.64. The molecule has 0 bridgehead atoms. The maximum Gasteiger partial charge on any atom is 0.416 e. The van der Waals surface area contributed by atoms with Crippen molar-refractivity contribution < 1.29 is 32.5 Å². The zero-order valence-electron chi connectivity index (χ0n) is 17.4. The van der Waals surface area contributed by atoms with Crippen molar-refractivity contribution in [1.29, 1.82) is 5.26 Å². The van der Waals surface area contributed by atoms with E-state index in [2.05, 4.69) is 0 Å². The second kappa shape index (κ2) is 9.92. The molecule has 0 fully saturated rings. The molecule has 1 N–H and O–H groups in total. The van der Waals surface area contributed by atoms with Crippen molar-refractivity contribution in [2.24, 2.45) is 0 Å². The van der Waals surface area contributed by atoms with E-state index in [1.165, 1.54) is 37.5 Å². The highest BCUT2D eigenvalue weighted by Crippen LogP contribution is 2.33. The van der Waals surface area contributed by atoms with Gasteiger partial charge in [0.2, 0.25) is 0 Å². The number of allylic oxidation sites excluding steroid dienone is 1. The van der Waals surface area contributed by atoms with Gasteiger partial charge in [0.15, 0.2) is 11.5 Å². The van der Waals surface area contributed by atoms with Gasteiger partial charge in [-0.25, -0.2) is 4.79 Å². The monoisotopic (exact) mass is 453 g/mol. The van der Waals surface area contributed by atoms with E-state index in [-0.39, 0.29) is 23.3 Å². The molecule has 0 amide bonds. The van der Waals surface area contributed by atoms with Gasteiger partial charge in [0, 0.05) is 0 Å². The second-order valence-electron chi connectivity index (χ2n) is 6.95. The summed E-state index contributed by atoms with van der Waals surface area (Å²) in [5, 5.41) is 18.6. The van der Waals surface area contributed by atoms with Crippen LogP contribution in [0.15, 0.2) is 66.7 Å². The van der Waals surface area contributed by atoms with Crippen LogP contribution in [-0.2, 0) is 12.8 Å². The largest absolute Gasteiger partial charge is 0.493 e. The molecule has 0 atom stereocenters. The molecule has 0 aliphatic carbocycles. The summed E-state index contributed by atoms with van der Waals surface area (Å²) in [7, 11) is 1.43. The van der Waals surface area contributed by atoms with Crippen LogP contribution in [0.1, 0.15) is 32.6 Å². The Kier molecular flexibility index (Phi) is 7.04. The molecular weight excluding hydrogens is 435 g/mol. The van der Waals surface area contributed by atoms with E-state index >= 15 is 0 Å². The lowest BCUT2D eigenvalue weighted by molar-refractivity contribution is -0.137. The van der Waals surface area contributed by atoms with Crippen molar-refractivity contribution in [3.05, 3.63) is 94.5 Å². The third kappa shape index (κ3) is 5.92. The number of carboxylic acid groups (broad SMARTS) is 1. The van der Waals surface area contributed by atoms with Crippen LogP contribution in [0.5, 0.6) is 11.5 Å². The third-order valence-electron chi connectivity index (χ3n) is 4.69. The number of nitrogens with zero attached hydrogens (tertiary/aromatic N) is 1. The van der Waals surface area contributed by atoms with Crippen molar-refractivity contribution in [2.75, 3.05) is 7.11 Å². The van der Waals surface area contributed by atoms with Gasteiger partial charge < -0.3 is 14.6 Å². The Balaban J connectivity index is 1.84. The minimum Gasteiger partial charge on any atom is -0.493 e. The number of carboxylic acids is 1. The fraction of sp³-hybridized carbons (Fsp3) is 0.120. The number of hydrogen-bond donors (Lipinski definition) is 1. The number of nitriles is 1. The predicted molar refractivity (Wildman–Crippen MR) is 116 cm³/mol. The molecule has 168 valence electrons. The summed E-state index contributed by atoms with van der Waals surface area (Å²) in [5.74, 6) is -0.313. The Bertz CT molecular complexity index is 1240. The Morgan fingerprint density at radius 1 is 1.03 bits per heavy atom. The number of aromatic carboxylic acids is 1. The van der Waals surface area contributed by atoms with Crippen molar-refractivity contribution >= 4 is 17.6 Å². The smallest absolute Gasteiger partial charge is 0.416 e. The molecule has 3 aromatic carbocycles. The number of rotatable bonds is 7. The summed E-state index contributed by atoms with van der Waals surface area (Å²) in [6.07, 6.45) is -3.05. The molecule has 0 saturated carbocycles. The van der Waals surface area contributed by atoms with Gasteiger partial charge in [0.25, 0.3) is 0 Å². The molecule has 0 saturated heterocycles. The third-order valence-corrected chi connectivity index (χ3v) is 4.69. The molecule has 3 aromatic rings. The molecule has 0 radical (unpaired) electrons. The molecule has 33 heavy (non-hydrogen) atoms. The number of hydrogen-bond acceptors (Lipinski definition) is 4. The molecule has 0 aromatic heterocycles. The van der Waals surface area contributed by atoms with Gasteiger partial charge in [0.05, 0.1) is 29.9 Å². The van der Waals surface area contributed by atoms with Gasteiger partial charge in [-0.05, 0) is 59.2 Å². The lowest BCUT2D eigenvalue weighted by atomic mass is 10.0. The van der Waals surface area contributed by atoms with Crippen LogP contribution < -0.4 is 9.47 Å². The summed E-state index contributed by atoms with van der Waals surface area (Å²) >= 11 is 0. The molecule has 0 aliphatic heterocycles. The van der Waals surface area contributed by atoms with Crippen LogP contribution in [0.3, 0.4) is 0 Å². The maximum absolute atomic E-state index is 13.0. The Labute approximate surface area is 187 Å². The lowest BCUT2D eigenvalue weighted by Gasteiger charge is -2.12. The van der Waals surface area contributed by atoms with Gasteiger partial charge in [-0.2, -0.15) is 18.4 Å². The molecule has 0 spiro atoms. The number of methoxy groups -OCH3 is 1. The maximum atomic E-state index is 13.0. The van der Waals surface area contributed by atoms with E-state index in [0.717, 1.165) is 12.1 Å². The van der Waals surface area contributed by atoms with Crippen molar-refractivity contribution in [1.82, 2.24) is 0 Å². The lowest BCUT2D eigenvalue weighted by Crippen LogP contribution is -2.04. The Hall–Kier alpha value is -4.25. The average molecular weight is 453 g/mol. The molecule has 0 aliphatic rings. The van der Waals surface area contributed by atoms with Crippen LogP contribution in [0.4, 0.5) is 13.2 Å². The first-order chi connectivity index (χ1) is 15.7. The standard InChI is InChI=1S/C25H18F3NO4/c1-32-23-12-16(10-20(14-29)18-5-3-7-21(13-18)25(26,27)28)8-9-22(23)33-15-17-4-2-6-19(11-17)24(30)31/h2-13H,15H2,1H3,(H,30,31)/b20-10-. The predicted octanol–water partition coefficient (Wildman–Crippen LogP) is 6.06. The normalized spacial score (nSPS) is 11.5. The number of halogens is 3. The minimum atomic E-state index is -4.51. The molecular formula is C25H18F3NO4. The zero-order valence-corrected chi connectivity index (χ0v) is 17.4. The fourth-order valence-electron chi connectivity index (χ4n) is 3.06. The van der Waals surface area contributed by atoms with Crippen molar-refractivity contribution in [3.8, 4) is 17.6 Å². The first kappa shape index (κ1) is 23.4. The molecule has 8 heteroatoms. The summed E-state index contributed by atoms with van der Waals surface area (Å²) in [6.45, 7) is 0.0976. The van der Waals surface area contributed by atoms with Crippen molar-refractivity contribution in [3.63, 3.8) is 0 Å². The summed E-state index contributed by atoms with van der Waals surface area (Å²) < 4.78 is 50.1. The quantitative estimate of drug-likeness (QED) is 0.348. The van der Waals surface area contributed by atoms with Crippen LogP contribution in [0, 0.1) is 11.3 Å². The van der Waals surface area contributed by atoms with Gasteiger partial charge in [-0.15, -0.1) is 0 Å². The van der Waals surface area contributed by atoms with Gasteiger partial charge in [-0.3, -0.25) is 0 Å². The van der Waals surface area contributed by atoms with E-state index in [9.17, 15) is 23.2 Å². The second-order valence-corrected chi connectivity index (χ2v) is 6.95. The highest BCUT2D eigenvalue weighted by Gasteiger charge is 2.30. The van der Waals surface area contributed by atoms with E-state index in [0.29, 0.717) is 22.6 Å². The van der Waals surface area contributed by atoms with Crippen LogP contribution in [0.2, 0.25) is 0 Å². The Morgan fingerprint density at radius 3 is 2.42 bits per heavy atom. The molecule has 0 unspecified atom stereocenters. The van der Waals surface area contributed by atoms with E-state index in [1.54, 1.807) is 30.3 Å². The Morgan fingerprint density at radius 2 is 1.76 bits per heavy atom. The van der Waals surface area contributed by atoms with E-state index in [1.807, 2.05) is 6.07 Å². The summed E-state index contributed by atoms with van der Waals surface area (Å²) in [5.41, 5.74) is 0.683. The zero-order chi connectivity index (χ0) is 24.0. The number of alkyl halides is 3. The highest BCUT2D eigenvalue weighted by molar-refractivity contribution is 5.90. The van der Waals surface area contributed by atoms with Gasteiger partial charge in [0.1, 0.15) is 6.61 Å². The number of ether oxygens (including phenoxy) is 2. The summed E-state index contributed by atoms with van der Waals surface area (Å²) in [6, 6.07) is 17.6. The fourth-order valence-corrected chi connectivity index (χ4v) is 3.06. The molecule has 0 heterocycles. The number of carbonyl (C=O) groups is 1. The van der Waals surface area contributed by atoms with Gasteiger partial charge >= 0.3 is 12.1 Å². The van der Waals surface area contributed by atoms with Gasteiger partial charge in [-0.1, -0.05) is 30.3 Å². The average Bonchev–Trinajstić information content (AvgIpc) is 2.81. The topological polar surface area (TPSA) is 79.5 Å². The summed E-state index contributed by atoms with van der Waals surface area (Å²) in [4.78, 5) is 11.1. The molecule has 5 nitrogen and oxygen atoms in total. The van der Waals surface area contributed by atoms with Crippen LogP contribution in [-0.4, -0.2) is 18.2 Å². The van der Waals surface area contributed by atoms with Crippen LogP contribution >= 0.6 is 0 Å². The van der Waals surface area contributed by atoms with Crippen LogP contribution in [0.25, 0.3) is 11.6 Å². The SMILES string of the molecule is COc1cc(/C=C(/C#N)c2cccc(C(F)(F)F)c2)ccc1OCc1cccc(C(=O)O)c1. The first-order valence-electron chi connectivity index (χ1n) is 9.64. The van der Waals surface area contributed by atoms with Crippen molar-refractivity contribution in [2.45, 2.75) is 12.8 Å². The number of benzene rings is 3. The van der Waals surface area contributed by atoms with E-state index in [4.69, 9.17) is 14.6 Å². The highest BCUT2D eigenvalue weighted by atomic mass is 19.4. The minimum absolute atomic E-state index is 0.0577. The molecule has 3 rings (SSSR count). The van der Waals surface area contributed by atoms with E-state index < -0.39 is 17.7 Å².